The quantitative estimate of drug-likeness (QED) is 0.834. The van der Waals surface area contributed by atoms with E-state index in [2.05, 4.69) is 24.9 Å². The summed E-state index contributed by atoms with van der Waals surface area (Å²) < 4.78 is 0. The molecule has 20 heavy (non-hydrogen) atoms. The van der Waals surface area contributed by atoms with Gasteiger partial charge in [0, 0.05) is 28.6 Å². The van der Waals surface area contributed by atoms with Gasteiger partial charge in [-0.2, -0.15) is 5.26 Å². The molecule has 0 radical (unpaired) electrons. The van der Waals surface area contributed by atoms with E-state index in [0.717, 1.165) is 35.7 Å². The van der Waals surface area contributed by atoms with Crippen LogP contribution in [0.1, 0.15) is 49.0 Å². The molecule has 1 aliphatic carbocycles. The number of aromatic nitrogens is 1. The fourth-order valence-electron chi connectivity index (χ4n) is 3.40. The zero-order valence-corrected chi connectivity index (χ0v) is 11.9. The number of aromatic amines is 1. The molecule has 102 valence electrons. The number of nitrogens with zero attached hydrogens (tertiary/aromatic N) is 1. The van der Waals surface area contributed by atoms with Gasteiger partial charge in [0.15, 0.2) is 5.78 Å². The van der Waals surface area contributed by atoms with E-state index in [-0.39, 0.29) is 17.1 Å². The molecule has 1 atom stereocenters. The molecule has 2 aromatic rings. The fraction of sp³-hybridized carbons (Fsp3) is 0.412. The SMILES string of the molecule is CC1(C)CCCC1C(=O)c1c[nH]c2cc(C#N)ccc12. The Labute approximate surface area is 118 Å². The molecule has 0 spiro atoms. The van der Waals surface area contributed by atoms with Crippen LogP contribution in [-0.2, 0) is 0 Å². The minimum absolute atomic E-state index is 0.0905. The summed E-state index contributed by atoms with van der Waals surface area (Å²) in [6.45, 7) is 4.37. The van der Waals surface area contributed by atoms with Crippen molar-refractivity contribution in [3.63, 3.8) is 0 Å². The first-order valence-corrected chi connectivity index (χ1v) is 7.08. The highest BCUT2D eigenvalue weighted by atomic mass is 16.1. The van der Waals surface area contributed by atoms with Crippen molar-refractivity contribution in [2.45, 2.75) is 33.1 Å². The van der Waals surface area contributed by atoms with Crippen LogP contribution < -0.4 is 0 Å². The van der Waals surface area contributed by atoms with E-state index in [1.807, 2.05) is 6.07 Å². The Bertz CT molecular complexity index is 718. The lowest BCUT2D eigenvalue weighted by Gasteiger charge is -2.25. The molecule has 3 heteroatoms. The minimum Gasteiger partial charge on any atom is -0.360 e. The molecule has 1 heterocycles. The number of nitrogens with one attached hydrogen (secondary N) is 1. The first-order chi connectivity index (χ1) is 9.53. The topological polar surface area (TPSA) is 56.6 Å². The Kier molecular flexibility index (Phi) is 2.90. The standard InChI is InChI=1S/C17H18N2O/c1-17(2)7-3-4-14(17)16(20)13-10-19-15-8-11(9-18)5-6-12(13)15/h5-6,8,10,14,19H,3-4,7H2,1-2H3. The van der Waals surface area contributed by atoms with Crippen LogP contribution in [0.2, 0.25) is 0 Å². The Morgan fingerprint density at radius 3 is 2.90 bits per heavy atom. The second-order valence-corrected chi connectivity index (χ2v) is 6.37. The number of nitriles is 1. The van der Waals surface area contributed by atoms with Crippen LogP contribution in [0.4, 0.5) is 0 Å². The Hall–Kier alpha value is -2.08. The van der Waals surface area contributed by atoms with E-state index >= 15 is 0 Å². The monoisotopic (exact) mass is 266 g/mol. The van der Waals surface area contributed by atoms with Crippen molar-refractivity contribution >= 4 is 16.7 Å². The van der Waals surface area contributed by atoms with Crippen molar-refractivity contribution in [1.82, 2.24) is 4.98 Å². The number of carbonyl (C=O) groups is 1. The Morgan fingerprint density at radius 2 is 2.25 bits per heavy atom. The number of benzene rings is 1. The number of fused-ring (bicyclic) bond motifs is 1. The number of rotatable bonds is 2. The highest BCUT2D eigenvalue weighted by Gasteiger charge is 2.40. The van der Waals surface area contributed by atoms with Gasteiger partial charge >= 0.3 is 0 Å². The van der Waals surface area contributed by atoms with Gasteiger partial charge in [-0.3, -0.25) is 4.79 Å². The molecule has 1 saturated carbocycles. The van der Waals surface area contributed by atoms with E-state index in [9.17, 15) is 4.79 Å². The number of hydrogen-bond acceptors (Lipinski definition) is 2. The molecule has 3 rings (SSSR count). The zero-order chi connectivity index (χ0) is 14.3. The van der Waals surface area contributed by atoms with Gasteiger partial charge in [0.2, 0.25) is 0 Å². The third-order valence-electron chi connectivity index (χ3n) is 4.65. The highest BCUT2D eigenvalue weighted by Crippen LogP contribution is 2.44. The molecule has 1 aliphatic rings. The van der Waals surface area contributed by atoms with Gasteiger partial charge in [-0.15, -0.1) is 0 Å². The zero-order valence-electron chi connectivity index (χ0n) is 11.9. The van der Waals surface area contributed by atoms with E-state index in [4.69, 9.17) is 5.26 Å². The minimum atomic E-state index is 0.0905. The van der Waals surface area contributed by atoms with Gasteiger partial charge in [-0.1, -0.05) is 26.3 Å². The van der Waals surface area contributed by atoms with E-state index < -0.39 is 0 Å². The maximum absolute atomic E-state index is 12.8. The van der Waals surface area contributed by atoms with Gasteiger partial charge < -0.3 is 4.98 Å². The fourth-order valence-corrected chi connectivity index (χ4v) is 3.40. The second-order valence-electron chi connectivity index (χ2n) is 6.37. The lowest BCUT2D eigenvalue weighted by molar-refractivity contribution is 0.0841. The van der Waals surface area contributed by atoms with Crippen LogP contribution in [-0.4, -0.2) is 10.8 Å². The van der Waals surface area contributed by atoms with Gasteiger partial charge in [-0.05, 0) is 30.4 Å². The molecule has 0 saturated heterocycles. The van der Waals surface area contributed by atoms with Crippen LogP contribution in [0.3, 0.4) is 0 Å². The lowest BCUT2D eigenvalue weighted by atomic mass is 9.77. The smallest absolute Gasteiger partial charge is 0.168 e. The summed E-state index contributed by atoms with van der Waals surface area (Å²) in [7, 11) is 0. The van der Waals surface area contributed by atoms with Crippen LogP contribution >= 0.6 is 0 Å². The first kappa shape index (κ1) is 12.9. The summed E-state index contributed by atoms with van der Waals surface area (Å²) in [4.78, 5) is 15.9. The van der Waals surface area contributed by atoms with Crippen molar-refractivity contribution in [3.8, 4) is 6.07 Å². The van der Waals surface area contributed by atoms with Crippen molar-refractivity contribution in [2.24, 2.45) is 11.3 Å². The third-order valence-corrected chi connectivity index (χ3v) is 4.65. The average molecular weight is 266 g/mol. The molecule has 1 aromatic heterocycles. The molecule has 1 fully saturated rings. The predicted molar refractivity (Wildman–Crippen MR) is 78.5 cm³/mol. The number of carbonyl (C=O) groups excluding carboxylic acids is 1. The Balaban J connectivity index is 2.03. The summed E-state index contributed by atoms with van der Waals surface area (Å²) in [5, 5.41) is 9.85. The van der Waals surface area contributed by atoms with Gasteiger partial charge in [0.1, 0.15) is 0 Å². The number of H-pyrrole nitrogens is 1. The first-order valence-electron chi connectivity index (χ1n) is 7.08. The molecule has 1 aromatic carbocycles. The molecule has 0 aliphatic heterocycles. The van der Waals surface area contributed by atoms with E-state index in [0.29, 0.717) is 5.56 Å². The summed E-state index contributed by atoms with van der Waals surface area (Å²) in [6.07, 6.45) is 5.02. The second kappa shape index (κ2) is 4.49. The molecule has 1 N–H and O–H groups in total. The Morgan fingerprint density at radius 1 is 1.45 bits per heavy atom. The molecule has 1 unspecified atom stereocenters. The molecular formula is C17H18N2O. The van der Waals surface area contributed by atoms with Crippen molar-refractivity contribution < 1.29 is 4.79 Å². The molecule has 0 bridgehead atoms. The van der Waals surface area contributed by atoms with Crippen LogP contribution in [0.5, 0.6) is 0 Å². The maximum atomic E-state index is 12.8. The van der Waals surface area contributed by atoms with Crippen LogP contribution in [0.25, 0.3) is 10.9 Å². The molecule has 3 nitrogen and oxygen atoms in total. The summed E-state index contributed by atoms with van der Waals surface area (Å²) in [5.41, 5.74) is 2.33. The summed E-state index contributed by atoms with van der Waals surface area (Å²) in [5.74, 6) is 0.348. The summed E-state index contributed by atoms with van der Waals surface area (Å²) in [6, 6.07) is 7.56. The predicted octanol–water partition coefficient (Wildman–Crippen LogP) is 4.05. The van der Waals surface area contributed by atoms with Crippen LogP contribution in [0, 0.1) is 22.7 Å². The number of ketones is 1. The molecule has 0 amide bonds. The largest absolute Gasteiger partial charge is 0.360 e. The van der Waals surface area contributed by atoms with Gasteiger partial charge in [0.05, 0.1) is 11.6 Å². The van der Waals surface area contributed by atoms with Crippen molar-refractivity contribution in [2.75, 3.05) is 0 Å². The van der Waals surface area contributed by atoms with Gasteiger partial charge in [0.25, 0.3) is 0 Å². The summed E-state index contributed by atoms with van der Waals surface area (Å²) >= 11 is 0. The van der Waals surface area contributed by atoms with E-state index in [1.165, 1.54) is 0 Å². The average Bonchev–Trinajstić information content (AvgIpc) is 3.00. The van der Waals surface area contributed by atoms with Gasteiger partial charge in [-0.25, -0.2) is 0 Å². The van der Waals surface area contributed by atoms with Crippen molar-refractivity contribution in [3.05, 3.63) is 35.5 Å². The van der Waals surface area contributed by atoms with E-state index in [1.54, 1.807) is 18.3 Å². The number of hydrogen-bond donors (Lipinski definition) is 1. The highest BCUT2D eigenvalue weighted by molar-refractivity contribution is 6.09. The third kappa shape index (κ3) is 1.92. The van der Waals surface area contributed by atoms with Crippen molar-refractivity contribution in [1.29, 1.82) is 5.26 Å². The normalized spacial score (nSPS) is 20.9. The van der Waals surface area contributed by atoms with Crippen LogP contribution in [0.15, 0.2) is 24.4 Å². The maximum Gasteiger partial charge on any atom is 0.168 e. The molecular weight excluding hydrogens is 248 g/mol. The lowest BCUT2D eigenvalue weighted by Crippen LogP contribution is -2.25. The number of Topliss-reactive ketones (excluding diaryl/α,β-unsaturated/α-hetero) is 1.